The molecule has 2 N–H and O–H groups in total. The van der Waals surface area contributed by atoms with Crippen molar-refractivity contribution in [3.8, 4) is 0 Å². The van der Waals surface area contributed by atoms with Crippen LogP contribution in [0, 0.1) is 18.6 Å². The molecule has 0 radical (unpaired) electrons. The monoisotopic (exact) mass is 306 g/mol. The Kier molecular flexibility index (Phi) is 4.85. The number of anilines is 1. The zero-order valence-corrected chi connectivity index (χ0v) is 12.6. The summed E-state index contributed by atoms with van der Waals surface area (Å²) in [6.07, 6.45) is 0. The quantitative estimate of drug-likeness (QED) is 0.826. The van der Waals surface area contributed by atoms with E-state index in [0.29, 0.717) is 0 Å². The van der Waals surface area contributed by atoms with Crippen molar-refractivity contribution in [1.82, 2.24) is 5.32 Å². The molecule has 2 nitrogen and oxygen atoms in total. The summed E-state index contributed by atoms with van der Waals surface area (Å²) < 4.78 is 26.4. The third-order valence-electron chi connectivity index (χ3n) is 3.10. The minimum atomic E-state index is -0.679. The summed E-state index contributed by atoms with van der Waals surface area (Å²) in [6, 6.07) is 11.3. The van der Waals surface area contributed by atoms with Gasteiger partial charge in [-0.1, -0.05) is 29.8 Å². The molecule has 0 aromatic heterocycles. The second-order valence-electron chi connectivity index (χ2n) is 4.86. The van der Waals surface area contributed by atoms with Gasteiger partial charge in [0.05, 0.1) is 11.7 Å². The highest BCUT2D eigenvalue weighted by Crippen LogP contribution is 2.16. The van der Waals surface area contributed by atoms with Gasteiger partial charge in [-0.25, -0.2) is 8.78 Å². The molecule has 0 amide bonds. The number of benzene rings is 2. The first kappa shape index (κ1) is 15.4. The maximum absolute atomic E-state index is 13.5. The average Bonchev–Trinajstić information content (AvgIpc) is 2.42. The highest BCUT2D eigenvalue weighted by atomic mass is 32.1. The number of rotatable bonds is 3. The maximum atomic E-state index is 13.5. The number of nitrogens with one attached hydrogen (secondary N) is 2. The van der Waals surface area contributed by atoms with E-state index in [1.165, 1.54) is 17.7 Å². The summed E-state index contributed by atoms with van der Waals surface area (Å²) >= 11 is 5.15. The van der Waals surface area contributed by atoms with Gasteiger partial charge in [-0.3, -0.25) is 0 Å². The van der Waals surface area contributed by atoms with E-state index in [9.17, 15) is 8.78 Å². The van der Waals surface area contributed by atoms with Gasteiger partial charge >= 0.3 is 0 Å². The molecular weight excluding hydrogens is 290 g/mol. The van der Waals surface area contributed by atoms with Crippen LogP contribution in [0.25, 0.3) is 0 Å². The Balaban J connectivity index is 1.99. The first-order valence-corrected chi connectivity index (χ1v) is 6.95. The maximum Gasteiger partial charge on any atom is 0.171 e. The van der Waals surface area contributed by atoms with Crippen LogP contribution in [0.1, 0.15) is 24.1 Å². The molecule has 110 valence electrons. The van der Waals surface area contributed by atoms with Crippen LogP contribution in [0.5, 0.6) is 0 Å². The van der Waals surface area contributed by atoms with Crippen molar-refractivity contribution in [2.24, 2.45) is 0 Å². The van der Waals surface area contributed by atoms with Crippen molar-refractivity contribution >= 4 is 23.0 Å². The van der Waals surface area contributed by atoms with E-state index in [1.54, 1.807) is 0 Å². The van der Waals surface area contributed by atoms with Crippen LogP contribution in [-0.2, 0) is 0 Å². The van der Waals surface area contributed by atoms with Gasteiger partial charge in [0.25, 0.3) is 0 Å². The van der Waals surface area contributed by atoms with Crippen molar-refractivity contribution in [2.75, 3.05) is 5.32 Å². The zero-order valence-electron chi connectivity index (χ0n) is 11.8. The molecule has 0 saturated carbocycles. The van der Waals surface area contributed by atoms with Crippen LogP contribution in [0.2, 0.25) is 0 Å². The minimum Gasteiger partial charge on any atom is -0.356 e. The molecule has 0 spiro atoms. The van der Waals surface area contributed by atoms with E-state index in [-0.39, 0.29) is 16.8 Å². The predicted octanol–water partition coefficient (Wildman–Crippen LogP) is 4.32. The minimum absolute atomic E-state index is 0.0193. The Morgan fingerprint density at radius 1 is 1.10 bits per heavy atom. The van der Waals surface area contributed by atoms with E-state index < -0.39 is 11.6 Å². The molecule has 21 heavy (non-hydrogen) atoms. The summed E-state index contributed by atoms with van der Waals surface area (Å²) in [5.41, 5.74) is 2.40. The number of hydrogen-bond acceptors (Lipinski definition) is 1. The highest BCUT2D eigenvalue weighted by molar-refractivity contribution is 7.80. The lowest BCUT2D eigenvalue weighted by Crippen LogP contribution is -2.31. The fraction of sp³-hybridized carbons (Fsp3) is 0.188. The van der Waals surface area contributed by atoms with Crippen LogP contribution in [-0.4, -0.2) is 5.11 Å². The molecule has 5 heteroatoms. The van der Waals surface area contributed by atoms with E-state index >= 15 is 0 Å². The highest BCUT2D eigenvalue weighted by Gasteiger charge is 2.09. The lowest BCUT2D eigenvalue weighted by atomic mass is 10.1. The lowest BCUT2D eigenvalue weighted by Gasteiger charge is -2.18. The summed E-state index contributed by atoms with van der Waals surface area (Å²) in [5, 5.41) is 6.08. The standard InChI is InChI=1S/C16H16F2N2S/c1-10-3-5-12(6-4-10)11(2)19-16(21)20-15-8-7-13(17)9-14(15)18/h3-9,11H,1-2H3,(H2,19,20,21). The normalized spacial score (nSPS) is 11.8. The molecule has 1 unspecified atom stereocenters. The zero-order chi connectivity index (χ0) is 15.4. The third-order valence-corrected chi connectivity index (χ3v) is 3.32. The van der Waals surface area contributed by atoms with E-state index in [2.05, 4.69) is 10.6 Å². The molecule has 0 fully saturated rings. The van der Waals surface area contributed by atoms with E-state index in [0.717, 1.165) is 11.6 Å². The molecule has 0 saturated heterocycles. The SMILES string of the molecule is Cc1ccc(C(C)NC(=S)Nc2ccc(F)cc2F)cc1. The van der Waals surface area contributed by atoms with Crippen molar-refractivity contribution in [1.29, 1.82) is 0 Å². The fourth-order valence-corrected chi connectivity index (χ4v) is 2.17. The van der Waals surface area contributed by atoms with Gasteiger partial charge in [0.2, 0.25) is 0 Å². The van der Waals surface area contributed by atoms with Crippen LogP contribution in [0.15, 0.2) is 42.5 Å². The molecule has 0 aliphatic heterocycles. The number of hydrogen-bond donors (Lipinski definition) is 2. The molecule has 2 aromatic carbocycles. The molecular formula is C16H16F2N2S. The van der Waals surface area contributed by atoms with Crippen LogP contribution in [0.4, 0.5) is 14.5 Å². The van der Waals surface area contributed by atoms with Gasteiger partial charge in [-0.15, -0.1) is 0 Å². The first-order chi connectivity index (χ1) is 9.95. The van der Waals surface area contributed by atoms with Crippen molar-refractivity contribution < 1.29 is 8.78 Å². The van der Waals surface area contributed by atoms with Gasteiger partial charge in [0.1, 0.15) is 11.6 Å². The Bertz CT molecular complexity index is 641. The van der Waals surface area contributed by atoms with Crippen LogP contribution < -0.4 is 10.6 Å². The predicted molar refractivity (Wildman–Crippen MR) is 85.3 cm³/mol. The van der Waals surface area contributed by atoms with Gasteiger partial charge in [0, 0.05) is 6.07 Å². The van der Waals surface area contributed by atoms with E-state index in [4.69, 9.17) is 12.2 Å². The third kappa shape index (κ3) is 4.23. The molecule has 0 heterocycles. The number of thiocarbonyl (C=S) groups is 1. The molecule has 0 aliphatic rings. The fourth-order valence-electron chi connectivity index (χ4n) is 1.88. The molecule has 1 atom stereocenters. The van der Waals surface area contributed by atoms with Crippen molar-refractivity contribution in [3.63, 3.8) is 0 Å². The Hall–Kier alpha value is -2.01. The Labute approximate surface area is 128 Å². The van der Waals surface area contributed by atoms with Crippen LogP contribution >= 0.6 is 12.2 Å². The second-order valence-corrected chi connectivity index (χ2v) is 5.26. The number of aryl methyl sites for hydroxylation is 1. The summed E-state index contributed by atoms with van der Waals surface area (Å²) in [7, 11) is 0. The smallest absolute Gasteiger partial charge is 0.171 e. The average molecular weight is 306 g/mol. The summed E-state index contributed by atoms with van der Waals surface area (Å²) in [4.78, 5) is 0. The van der Waals surface area contributed by atoms with Gasteiger partial charge in [-0.2, -0.15) is 0 Å². The van der Waals surface area contributed by atoms with Crippen molar-refractivity contribution in [2.45, 2.75) is 19.9 Å². The topological polar surface area (TPSA) is 24.1 Å². The Morgan fingerprint density at radius 3 is 2.38 bits per heavy atom. The second kappa shape index (κ2) is 6.63. The lowest BCUT2D eigenvalue weighted by molar-refractivity contribution is 0.586. The van der Waals surface area contributed by atoms with Gasteiger partial charge in [-0.05, 0) is 43.8 Å². The van der Waals surface area contributed by atoms with Crippen molar-refractivity contribution in [3.05, 3.63) is 65.2 Å². The van der Waals surface area contributed by atoms with E-state index in [1.807, 2.05) is 38.1 Å². The van der Waals surface area contributed by atoms with Crippen LogP contribution in [0.3, 0.4) is 0 Å². The summed E-state index contributed by atoms with van der Waals surface area (Å²) in [5.74, 6) is -1.30. The molecule has 0 aliphatic carbocycles. The molecule has 2 aromatic rings. The number of halogens is 2. The van der Waals surface area contributed by atoms with Gasteiger partial charge in [0.15, 0.2) is 5.11 Å². The Morgan fingerprint density at radius 2 is 1.76 bits per heavy atom. The summed E-state index contributed by atoms with van der Waals surface area (Å²) in [6.45, 7) is 3.98. The van der Waals surface area contributed by atoms with Gasteiger partial charge < -0.3 is 10.6 Å². The molecule has 2 rings (SSSR count). The first-order valence-electron chi connectivity index (χ1n) is 6.55. The largest absolute Gasteiger partial charge is 0.356 e. The molecule has 0 bridgehead atoms.